The van der Waals surface area contributed by atoms with Crippen molar-refractivity contribution in [2.45, 2.75) is 51.7 Å². The predicted octanol–water partition coefficient (Wildman–Crippen LogP) is 5.83. The molecule has 0 aliphatic heterocycles. The third-order valence-corrected chi connectivity index (χ3v) is 9.65. The van der Waals surface area contributed by atoms with Crippen LogP contribution in [0.1, 0.15) is 55.4 Å². The third-order valence-electron chi connectivity index (χ3n) is 8.77. The Kier molecular flexibility index (Phi) is 10.2. The van der Waals surface area contributed by atoms with E-state index in [1.165, 1.54) is 36.7 Å². The van der Waals surface area contributed by atoms with Crippen LogP contribution in [0.5, 0.6) is 0 Å². The summed E-state index contributed by atoms with van der Waals surface area (Å²) in [5.41, 5.74) is 5.13. The maximum Gasteiger partial charge on any atom is 0.292 e. The number of aliphatic hydroxyl groups is 1. The van der Waals surface area contributed by atoms with Crippen molar-refractivity contribution in [2.75, 3.05) is 16.7 Å². The first kappa shape index (κ1) is 39.3. The van der Waals surface area contributed by atoms with Gasteiger partial charge in [-0.15, -0.1) is 0 Å². The van der Waals surface area contributed by atoms with Crippen LogP contribution in [-0.4, -0.2) is 55.8 Å². The summed E-state index contributed by atoms with van der Waals surface area (Å²) in [7, 11) is -2.25. The average Bonchev–Trinajstić information content (AvgIpc) is 3.66. The number of fused-ring (bicyclic) bond motifs is 2. The molecule has 55 heavy (non-hydrogen) atoms. The van der Waals surface area contributed by atoms with Gasteiger partial charge in [0.05, 0.1) is 33.6 Å². The van der Waals surface area contributed by atoms with Gasteiger partial charge in [0.25, 0.3) is 5.92 Å². The standard InChI is InChI=1S/C37H35ClF4N8O4S/c1-6-20-16-26-33(37(20,41)42)50(46-34(26)43)18-29(51)45-28(15-19-13-21(39)17-22(40)14-19)31-24(8-7-23(44-31)11-12-36(2,3)52)25-9-10-27(38)30-32(25)49(4)47-35(30)48-55(5,53)54/h7-10,13-15,17,20,52H,6,16,18H2,1-5H3,(H2,43,46)(H,45,51)(H,47,48). The molecular weight excluding hydrogens is 764 g/mol. The lowest BCUT2D eigenvalue weighted by Crippen LogP contribution is -2.31. The smallest absolute Gasteiger partial charge is 0.292 e. The molecule has 3 heterocycles. The van der Waals surface area contributed by atoms with Gasteiger partial charge in [-0.2, -0.15) is 19.0 Å². The molecule has 0 saturated carbocycles. The molecule has 3 aromatic heterocycles. The summed E-state index contributed by atoms with van der Waals surface area (Å²) in [5, 5.41) is 21.7. The molecule has 1 amide bonds. The van der Waals surface area contributed by atoms with Crippen molar-refractivity contribution in [3.63, 3.8) is 0 Å². The van der Waals surface area contributed by atoms with Crippen molar-refractivity contribution >= 4 is 61.8 Å². The molecule has 1 atom stereocenters. The number of anilines is 2. The molecule has 2 aromatic carbocycles. The second kappa shape index (κ2) is 14.3. The number of carbonyl (C=O) groups is 1. The highest BCUT2D eigenvalue weighted by molar-refractivity contribution is 7.92. The van der Waals surface area contributed by atoms with E-state index in [1.54, 1.807) is 26.1 Å². The van der Waals surface area contributed by atoms with Crippen LogP contribution < -0.4 is 15.8 Å². The van der Waals surface area contributed by atoms with E-state index in [1.807, 2.05) is 0 Å². The summed E-state index contributed by atoms with van der Waals surface area (Å²) < 4.78 is 89.1. The largest absolute Gasteiger partial charge is 0.382 e. The monoisotopic (exact) mass is 798 g/mol. The Morgan fingerprint density at radius 3 is 2.45 bits per heavy atom. The topological polar surface area (TPSA) is 170 Å². The number of halogens is 5. The maximum absolute atomic E-state index is 15.5. The Bertz CT molecular complexity index is 2570. The fourth-order valence-corrected chi connectivity index (χ4v) is 7.24. The summed E-state index contributed by atoms with van der Waals surface area (Å²) in [6.07, 6.45) is 2.33. The van der Waals surface area contributed by atoms with Crippen LogP contribution in [-0.2, 0) is 40.8 Å². The van der Waals surface area contributed by atoms with Gasteiger partial charge in [0.1, 0.15) is 41.0 Å². The fraction of sp³-hybridized carbons (Fsp3) is 0.297. The maximum atomic E-state index is 15.5. The number of nitrogens with zero attached hydrogens (tertiary/aromatic N) is 5. The molecule has 0 fully saturated rings. The van der Waals surface area contributed by atoms with E-state index >= 15 is 8.78 Å². The van der Waals surface area contributed by atoms with Crippen molar-refractivity contribution in [1.82, 2.24) is 29.9 Å². The normalized spacial score (nSPS) is 15.5. The highest BCUT2D eigenvalue weighted by atomic mass is 35.5. The van der Waals surface area contributed by atoms with Gasteiger partial charge in [0.2, 0.25) is 15.9 Å². The zero-order chi connectivity index (χ0) is 40.2. The summed E-state index contributed by atoms with van der Waals surface area (Å²) in [6.45, 7) is 3.82. The molecule has 6 rings (SSSR count). The minimum atomic E-state index is -3.80. The van der Waals surface area contributed by atoms with Crippen LogP contribution in [0.3, 0.4) is 0 Å². The SMILES string of the molecule is CCC1Cc2c(N)nn(CC(=O)NC(=Cc3cc(F)cc(F)c3)c3nc(C#CC(C)(C)O)ccc3-c3ccc(Cl)c4c(NS(C)(=O)=O)nn(C)c34)c2C1(F)F. The van der Waals surface area contributed by atoms with E-state index in [0.717, 1.165) is 23.1 Å². The first-order valence-corrected chi connectivity index (χ1v) is 19.0. The Labute approximate surface area is 318 Å². The van der Waals surface area contributed by atoms with E-state index in [0.29, 0.717) is 17.1 Å². The summed E-state index contributed by atoms with van der Waals surface area (Å²) in [5.74, 6) is -1.83. The highest BCUT2D eigenvalue weighted by Gasteiger charge is 2.51. The van der Waals surface area contributed by atoms with Crippen molar-refractivity contribution in [2.24, 2.45) is 13.0 Å². The molecule has 1 unspecified atom stereocenters. The van der Waals surface area contributed by atoms with Gasteiger partial charge in [-0.1, -0.05) is 30.5 Å². The first-order valence-electron chi connectivity index (χ1n) is 16.8. The molecular formula is C37H35ClF4N8O4S. The number of hydrogen-bond donors (Lipinski definition) is 4. The molecule has 0 radical (unpaired) electrons. The predicted molar refractivity (Wildman–Crippen MR) is 201 cm³/mol. The van der Waals surface area contributed by atoms with Gasteiger partial charge in [-0.05, 0) is 74.6 Å². The molecule has 5 N–H and O–H groups in total. The number of aryl methyl sites for hydroxylation is 1. The number of hydrogen-bond acceptors (Lipinski definition) is 8. The second-order valence-corrected chi connectivity index (χ2v) is 15.8. The highest BCUT2D eigenvalue weighted by Crippen LogP contribution is 2.49. The lowest BCUT2D eigenvalue weighted by atomic mass is 9.98. The van der Waals surface area contributed by atoms with E-state index in [2.05, 4.69) is 32.1 Å². The van der Waals surface area contributed by atoms with Crippen molar-refractivity contribution in [3.8, 4) is 23.0 Å². The number of pyridine rings is 1. The number of nitrogens with two attached hydrogens (primary N) is 1. The second-order valence-electron chi connectivity index (χ2n) is 13.7. The van der Waals surface area contributed by atoms with Crippen LogP contribution in [0.2, 0.25) is 5.02 Å². The molecule has 0 spiro atoms. The quantitative estimate of drug-likeness (QED) is 0.107. The average molecular weight is 799 g/mol. The lowest BCUT2D eigenvalue weighted by Gasteiger charge is -2.20. The van der Waals surface area contributed by atoms with E-state index in [9.17, 15) is 27.1 Å². The molecule has 18 heteroatoms. The van der Waals surface area contributed by atoms with Gasteiger partial charge in [-0.25, -0.2) is 22.2 Å². The third kappa shape index (κ3) is 8.16. The number of carbonyl (C=O) groups excluding carboxylic acids is 1. The number of alkyl halides is 2. The zero-order valence-corrected chi connectivity index (χ0v) is 31.7. The fourth-order valence-electron chi connectivity index (χ4n) is 6.50. The summed E-state index contributed by atoms with van der Waals surface area (Å²) >= 11 is 6.58. The van der Waals surface area contributed by atoms with Crippen molar-refractivity contribution in [1.29, 1.82) is 0 Å². The van der Waals surface area contributed by atoms with Crippen LogP contribution in [0.15, 0.2) is 42.5 Å². The van der Waals surface area contributed by atoms with Gasteiger partial charge in [0.15, 0.2) is 5.82 Å². The Morgan fingerprint density at radius 1 is 1.15 bits per heavy atom. The molecule has 12 nitrogen and oxygen atoms in total. The van der Waals surface area contributed by atoms with Crippen molar-refractivity contribution in [3.05, 3.63) is 87.3 Å². The minimum absolute atomic E-state index is 0.0146. The molecule has 1 aliphatic rings. The van der Waals surface area contributed by atoms with Gasteiger partial charge in [0, 0.05) is 35.7 Å². The van der Waals surface area contributed by atoms with Crippen LogP contribution in [0.25, 0.3) is 33.8 Å². The Balaban J connectivity index is 1.56. The summed E-state index contributed by atoms with van der Waals surface area (Å²) in [6, 6.07) is 8.86. The number of nitrogen functional groups attached to an aromatic ring is 1. The summed E-state index contributed by atoms with van der Waals surface area (Å²) in [4.78, 5) is 18.6. The number of sulfonamides is 1. The number of rotatable bonds is 9. The molecule has 0 bridgehead atoms. The van der Waals surface area contributed by atoms with Gasteiger partial charge in [-0.3, -0.25) is 18.9 Å². The molecule has 0 saturated heterocycles. The van der Waals surface area contributed by atoms with E-state index in [4.69, 9.17) is 22.3 Å². The van der Waals surface area contributed by atoms with Gasteiger partial charge >= 0.3 is 0 Å². The Hall–Kier alpha value is -5.44. The minimum Gasteiger partial charge on any atom is -0.382 e. The molecule has 5 aromatic rings. The lowest BCUT2D eigenvalue weighted by molar-refractivity contribution is -0.121. The van der Waals surface area contributed by atoms with Crippen LogP contribution >= 0.6 is 11.6 Å². The number of nitrogens with one attached hydrogen (secondary N) is 2. The first-order chi connectivity index (χ1) is 25.6. The zero-order valence-electron chi connectivity index (χ0n) is 30.1. The number of amides is 1. The number of aromatic nitrogens is 5. The van der Waals surface area contributed by atoms with Crippen LogP contribution in [0.4, 0.5) is 29.2 Å². The molecule has 288 valence electrons. The Morgan fingerprint density at radius 2 is 1.82 bits per heavy atom. The van der Waals surface area contributed by atoms with Gasteiger partial charge < -0.3 is 16.2 Å². The van der Waals surface area contributed by atoms with E-state index in [-0.39, 0.29) is 68.7 Å². The molecule has 1 aliphatic carbocycles. The van der Waals surface area contributed by atoms with E-state index < -0.39 is 57.2 Å². The van der Waals surface area contributed by atoms with Crippen molar-refractivity contribution < 1.29 is 35.9 Å². The van der Waals surface area contributed by atoms with Crippen LogP contribution in [0, 0.1) is 29.4 Å². The number of benzene rings is 2.